The van der Waals surface area contributed by atoms with E-state index in [0.717, 1.165) is 20.3 Å². The number of hydrogen-bond acceptors (Lipinski definition) is 7. The topological polar surface area (TPSA) is 89.5 Å². The third-order valence-corrected chi connectivity index (χ3v) is 6.90. The van der Waals surface area contributed by atoms with Crippen molar-refractivity contribution in [2.75, 3.05) is 31.3 Å². The lowest BCUT2D eigenvalue weighted by Gasteiger charge is -2.09. The number of thiazole rings is 1. The molecule has 0 unspecified atom stereocenters. The van der Waals surface area contributed by atoms with Crippen molar-refractivity contribution in [3.8, 4) is 11.5 Å². The molecule has 1 heterocycles. The zero-order valence-corrected chi connectivity index (χ0v) is 20.1. The molecule has 34 heavy (non-hydrogen) atoms. The second kappa shape index (κ2) is 11.5. The van der Waals surface area contributed by atoms with Gasteiger partial charge in [-0.15, -0.1) is 11.3 Å². The van der Waals surface area contributed by atoms with E-state index in [-0.39, 0.29) is 17.6 Å². The van der Waals surface area contributed by atoms with Crippen LogP contribution in [0.2, 0.25) is 0 Å². The zero-order chi connectivity index (χ0) is 23.8. The van der Waals surface area contributed by atoms with E-state index in [0.29, 0.717) is 30.2 Å². The van der Waals surface area contributed by atoms with Gasteiger partial charge in [0.1, 0.15) is 18.1 Å². The Morgan fingerprint density at radius 3 is 2.65 bits per heavy atom. The molecule has 0 aliphatic rings. The summed E-state index contributed by atoms with van der Waals surface area (Å²) < 4.78 is 12.6. The van der Waals surface area contributed by atoms with Gasteiger partial charge in [0.05, 0.1) is 35.2 Å². The Kier molecular flexibility index (Phi) is 8.00. The second-order valence-corrected chi connectivity index (χ2v) is 9.37. The highest BCUT2D eigenvalue weighted by Crippen LogP contribution is 2.31. The number of hydrogen-bond donors (Lipinski definition) is 2. The number of nitrogens with one attached hydrogen (secondary N) is 2. The Balaban J connectivity index is 1.28. The predicted molar refractivity (Wildman–Crippen MR) is 136 cm³/mol. The molecule has 4 rings (SSSR count). The molecule has 9 heteroatoms. The number of anilines is 1. The summed E-state index contributed by atoms with van der Waals surface area (Å²) in [5.74, 6) is 1.23. The first kappa shape index (κ1) is 23.6. The summed E-state index contributed by atoms with van der Waals surface area (Å²) in [7, 11) is 1.54. The summed E-state index contributed by atoms with van der Waals surface area (Å²) in [6.07, 6.45) is 0. The van der Waals surface area contributed by atoms with Crippen molar-refractivity contribution >= 4 is 50.8 Å². The van der Waals surface area contributed by atoms with E-state index in [2.05, 4.69) is 15.6 Å². The van der Waals surface area contributed by atoms with Crippen molar-refractivity contribution in [3.63, 3.8) is 0 Å². The number of thioether (sulfide) groups is 1. The molecule has 0 saturated heterocycles. The van der Waals surface area contributed by atoms with Crippen molar-refractivity contribution in [1.82, 2.24) is 10.3 Å². The number of amides is 2. The third-order valence-electron chi connectivity index (χ3n) is 4.74. The molecule has 3 aromatic carbocycles. The highest BCUT2D eigenvalue weighted by molar-refractivity contribution is 8.01. The molecule has 0 spiro atoms. The van der Waals surface area contributed by atoms with Crippen molar-refractivity contribution in [3.05, 3.63) is 78.4 Å². The number of methoxy groups -OCH3 is 1. The maximum absolute atomic E-state index is 12.6. The summed E-state index contributed by atoms with van der Waals surface area (Å²) >= 11 is 2.86. The van der Waals surface area contributed by atoms with E-state index in [1.165, 1.54) is 30.2 Å². The Bertz CT molecular complexity index is 1280. The fraction of sp³-hybridized carbons (Fsp3) is 0.160. The molecule has 0 radical (unpaired) electrons. The Labute approximate surface area is 205 Å². The van der Waals surface area contributed by atoms with Crippen molar-refractivity contribution < 1.29 is 19.1 Å². The molecule has 4 aromatic rings. The van der Waals surface area contributed by atoms with Gasteiger partial charge in [-0.2, -0.15) is 0 Å². The van der Waals surface area contributed by atoms with Gasteiger partial charge in [0.15, 0.2) is 4.34 Å². The number of carbonyl (C=O) groups is 2. The minimum absolute atomic E-state index is 0.0781. The van der Waals surface area contributed by atoms with Crippen LogP contribution in [0.1, 0.15) is 10.4 Å². The SMILES string of the molecule is COc1ccccc1C(=O)Nc1ccc2nc(SCC(=O)NCCOc3ccccc3)sc2c1. The van der Waals surface area contributed by atoms with Crippen LogP contribution in [0.4, 0.5) is 5.69 Å². The lowest BCUT2D eigenvalue weighted by molar-refractivity contribution is -0.118. The molecule has 0 atom stereocenters. The number of fused-ring (bicyclic) bond motifs is 1. The minimum Gasteiger partial charge on any atom is -0.496 e. The van der Waals surface area contributed by atoms with Crippen LogP contribution in [-0.2, 0) is 4.79 Å². The van der Waals surface area contributed by atoms with Crippen molar-refractivity contribution in [2.24, 2.45) is 0 Å². The van der Waals surface area contributed by atoms with Gasteiger partial charge in [-0.3, -0.25) is 9.59 Å². The Hall–Kier alpha value is -3.56. The maximum atomic E-state index is 12.6. The van der Waals surface area contributed by atoms with Crippen molar-refractivity contribution in [2.45, 2.75) is 4.34 Å². The number of nitrogens with zero attached hydrogens (tertiary/aromatic N) is 1. The molecule has 1 aromatic heterocycles. The molecular formula is C25H23N3O4S2. The third kappa shape index (κ3) is 6.27. The van der Waals surface area contributed by atoms with Crippen LogP contribution in [0.5, 0.6) is 11.5 Å². The lowest BCUT2D eigenvalue weighted by Crippen LogP contribution is -2.29. The van der Waals surface area contributed by atoms with E-state index < -0.39 is 0 Å². The van der Waals surface area contributed by atoms with Gasteiger partial charge in [0.2, 0.25) is 5.91 Å². The standard InChI is InChI=1S/C25H23N3O4S2/c1-31-21-10-6-5-9-19(21)24(30)27-17-11-12-20-22(15-17)34-25(28-20)33-16-23(29)26-13-14-32-18-7-3-2-4-8-18/h2-12,15H,13-14,16H2,1H3,(H,26,29)(H,27,30). The summed E-state index contributed by atoms with van der Waals surface area (Å²) in [6, 6.07) is 22.1. The molecule has 7 nitrogen and oxygen atoms in total. The smallest absolute Gasteiger partial charge is 0.259 e. The summed E-state index contributed by atoms with van der Waals surface area (Å²) in [6.45, 7) is 0.842. The van der Waals surface area contributed by atoms with Gasteiger partial charge in [-0.1, -0.05) is 42.1 Å². The average Bonchev–Trinajstić information content (AvgIpc) is 3.28. The van der Waals surface area contributed by atoms with Gasteiger partial charge >= 0.3 is 0 Å². The van der Waals surface area contributed by atoms with Gasteiger partial charge < -0.3 is 20.1 Å². The molecule has 174 valence electrons. The highest BCUT2D eigenvalue weighted by Gasteiger charge is 2.13. The first-order chi connectivity index (χ1) is 16.6. The predicted octanol–water partition coefficient (Wildman–Crippen LogP) is 4.84. The number of para-hydroxylation sites is 2. The normalized spacial score (nSPS) is 10.6. The van der Waals surface area contributed by atoms with E-state index >= 15 is 0 Å². The number of ether oxygens (including phenoxy) is 2. The number of aromatic nitrogens is 1. The van der Waals surface area contributed by atoms with Crippen LogP contribution < -0.4 is 20.1 Å². The van der Waals surface area contributed by atoms with E-state index in [1.54, 1.807) is 18.2 Å². The molecule has 0 aliphatic heterocycles. The van der Waals surface area contributed by atoms with E-state index in [9.17, 15) is 9.59 Å². The summed E-state index contributed by atoms with van der Waals surface area (Å²) in [5.41, 5.74) is 1.95. The van der Waals surface area contributed by atoms with Crippen LogP contribution in [0.15, 0.2) is 77.1 Å². The van der Waals surface area contributed by atoms with E-state index in [4.69, 9.17) is 9.47 Å². The first-order valence-electron chi connectivity index (χ1n) is 10.5. The van der Waals surface area contributed by atoms with Crippen LogP contribution in [0.3, 0.4) is 0 Å². The molecular weight excluding hydrogens is 470 g/mol. The fourth-order valence-electron chi connectivity index (χ4n) is 3.13. The maximum Gasteiger partial charge on any atom is 0.259 e. The summed E-state index contributed by atoms with van der Waals surface area (Å²) in [4.78, 5) is 29.3. The second-order valence-electron chi connectivity index (χ2n) is 7.12. The van der Waals surface area contributed by atoms with Crippen LogP contribution in [-0.4, -0.2) is 42.8 Å². The lowest BCUT2D eigenvalue weighted by atomic mass is 10.2. The summed E-state index contributed by atoms with van der Waals surface area (Å²) in [5, 5.41) is 5.75. The van der Waals surface area contributed by atoms with Gasteiger partial charge in [-0.25, -0.2) is 4.98 Å². The molecule has 2 amide bonds. The molecule has 0 fully saturated rings. The quantitative estimate of drug-likeness (QED) is 0.243. The Morgan fingerprint density at radius 2 is 1.82 bits per heavy atom. The highest BCUT2D eigenvalue weighted by atomic mass is 32.2. The molecule has 0 saturated carbocycles. The molecule has 0 bridgehead atoms. The van der Waals surface area contributed by atoms with Crippen LogP contribution >= 0.6 is 23.1 Å². The fourth-order valence-corrected chi connectivity index (χ4v) is 5.07. The molecule has 2 N–H and O–H groups in total. The number of carbonyl (C=O) groups excluding carboxylic acids is 2. The van der Waals surface area contributed by atoms with E-state index in [1.807, 2.05) is 54.6 Å². The van der Waals surface area contributed by atoms with Gasteiger partial charge in [-0.05, 0) is 42.5 Å². The Morgan fingerprint density at radius 1 is 1.03 bits per heavy atom. The monoisotopic (exact) mass is 493 g/mol. The van der Waals surface area contributed by atoms with Crippen molar-refractivity contribution in [1.29, 1.82) is 0 Å². The number of benzene rings is 3. The molecule has 0 aliphatic carbocycles. The van der Waals surface area contributed by atoms with Crippen LogP contribution in [0.25, 0.3) is 10.2 Å². The average molecular weight is 494 g/mol. The van der Waals surface area contributed by atoms with Gasteiger partial charge in [0, 0.05) is 5.69 Å². The minimum atomic E-state index is -0.246. The first-order valence-corrected chi connectivity index (χ1v) is 12.3. The number of rotatable bonds is 10. The largest absolute Gasteiger partial charge is 0.496 e. The van der Waals surface area contributed by atoms with Gasteiger partial charge in [0.25, 0.3) is 5.91 Å². The van der Waals surface area contributed by atoms with Crippen LogP contribution in [0, 0.1) is 0 Å². The zero-order valence-electron chi connectivity index (χ0n) is 18.4.